The van der Waals surface area contributed by atoms with Crippen molar-refractivity contribution in [2.75, 3.05) is 0 Å². The van der Waals surface area contributed by atoms with Gasteiger partial charge in [-0.1, -0.05) is 11.6 Å². The Morgan fingerprint density at radius 2 is 2.07 bits per heavy atom. The standard InChI is InChI=1S/C12H11ClO2/c1-7-3-4-11-9(5-7)12(14)10(6-13)8(2)15-11/h3-5H,6H2,1-2H3. The van der Waals surface area contributed by atoms with E-state index in [0.717, 1.165) is 5.56 Å². The normalized spacial score (nSPS) is 10.9. The Morgan fingerprint density at radius 3 is 2.73 bits per heavy atom. The van der Waals surface area contributed by atoms with Gasteiger partial charge in [0.2, 0.25) is 0 Å². The monoisotopic (exact) mass is 222 g/mol. The molecular weight excluding hydrogens is 212 g/mol. The van der Waals surface area contributed by atoms with Crippen LogP contribution in [0.15, 0.2) is 27.4 Å². The summed E-state index contributed by atoms with van der Waals surface area (Å²) in [6.45, 7) is 3.71. The second-order valence-corrected chi connectivity index (χ2v) is 3.87. The third-order valence-electron chi connectivity index (χ3n) is 2.48. The van der Waals surface area contributed by atoms with Gasteiger partial charge in [0, 0.05) is 0 Å². The van der Waals surface area contributed by atoms with E-state index in [2.05, 4.69) is 0 Å². The van der Waals surface area contributed by atoms with E-state index in [1.54, 1.807) is 6.92 Å². The number of alkyl halides is 1. The highest BCUT2D eigenvalue weighted by atomic mass is 35.5. The fraction of sp³-hybridized carbons (Fsp3) is 0.250. The van der Waals surface area contributed by atoms with Gasteiger partial charge < -0.3 is 4.42 Å². The van der Waals surface area contributed by atoms with Crippen LogP contribution >= 0.6 is 11.6 Å². The van der Waals surface area contributed by atoms with Crippen LogP contribution in [0.3, 0.4) is 0 Å². The van der Waals surface area contributed by atoms with Gasteiger partial charge in [0.05, 0.1) is 16.8 Å². The molecule has 0 aliphatic heterocycles. The molecule has 0 amide bonds. The Hall–Kier alpha value is -1.28. The molecule has 0 atom stereocenters. The van der Waals surface area contributed by atoms with Crippen LogP contribution in [0, 0.1) is 13.8 Å². The van der Waals surface area contributed by atoms with Crippen LogP contribution in [0.2, 0.25) is 0 Å². The first-order valence-corrected chi connectivity index (χ1v) is 5.26. The predicted molar refractivity (Wildman–Crippen MR) is 61.5 cm³/mol. The Balaban J connectivity index is 2.92. The van der Waals surface area contributed by atoms with Crippen molar-refractivity contribution < 1.29 is 4.42 Å². The van der Waals surface area contributed by atoms with E-state index in [9.17, 15) is 4.79 Å². The van der Waals surface area contributed by atoms with Crippen molar-refractivity contribution in [3.63, 3.8) is 0 Å². The second kappa shape index (κ2) is 3.70. The molecule has 3 heteroatoms. The van der Waals surface area contributed by atoms with Crippen molar-refractivity contribution in [3.8, 4) is 0 Å². The zero-order valence-corrected chi connectivity index (χ0v) is 9.39. The number of rotatable bonds is 1. The lowest BCUT2D eigenvalue weighted by molar-refractivity contribution is 0.558. The molecule has 0 unspecified atom stereocenters. The summed E-state index contributed by atoms with van der Waals surface area (Å²) in [4.78, 5) is 12.0. The molecule has 1 heterocycles. The number of halogens is 1. The van der Waals surface area contributed by atoms with Crippen molar-refractivity contribution in [3.05, 3.63) is 45.3 Å². The largest absolute Gasteiger partial charge is 0.461 e. The highest BCUT2D eigenvalue weighted by molar-refractivity contribution is 6.17. The first-order valence-electron chi connectivity index (χ1n) is 4.72. The van der Waals surface area contributed by atoms with Gasteiger partial charge in [-0.05, 0) is 26.0 Å². The SMILES string of the molecule is Cc1ccc2oc(C)c(CCl)c(=O)c2c1. The molecular formula is C12H11ClO2. The molecule has 0 saturated heterocycles. The summed E-state index contributed by atoms with van der Waals surface area (Å²) < 4.78 is 5.54. The van der Waals surface area contributed by atoms with Gasteiger partial charge in [-0.3, -0.25) is 4.79 Å². The van der Waals surface area contributed by atoms with Crippen LogP contribution in [-0.2, 0) is 5.88 Å². The smallest absolute Gasteiger partial charge is 0.197 e. The number of aryl methyl sites for hydroxylation is 2. The quantitative estimate of drug-likeness (QED) is 0.694. The summed E-state index contributed by atoms with van der Waals surface area (Å²) in [5.74, 6) is 0.796. The molecule has 1 aromatic carbocycles. The molecule has 0 spiro atoms. The first-order chi connectivity index (χ1) is 7.13. The summed E-state index contributed by atoms with van der Waals surface area (Å²) in [6, 6.07) is 5.57. The van der Waals surface area contributed by atoms with Crippen LogP contribution in [0.25, 0.3) is 11.0 Å². The molecule has 2 aromatic rings. The summed E-state index contributed by atoms with van der Waals surface area (Å²) in [6.07, 6.45) is 0. The zero-order chi connectivity index (χ0) is 11.0. The summed E-state index contributed by atoms with van der Waals surface area (Å²) in [7, 11) is 0. The van der Waals surface area contributed by atoms with Crippen LogP contribution in [0.1, 0.15) is 16.9 Å². The molecule has 1 aromatic heterocycles. The third kappa shape index (κ3) is 1.65. The molecule has 78 valence electrons. The molecule has 15 heavy (non-hydrogen) atoms. The number of hydrogen-bond acceptors (Lipinski definition) is 2. The Kier molecular flexibility index (Phi) is 2.53. The van der Waals surface area contributed by atoms with E-state index in [-0.39, 0.29) is 11.3 Å². The fourth-order valence-electron chi connectivity index (χ4n) is 1.61. The molecule has 0 aliphatic rings. The Morgan fingerprint density at radius 1 is 1.33 bits per heavy atom. The molecule has 2 nitrogen and oxygen atoms in total. The highest BCUT2D eigenvalue weighted by Crippen LogP contribution is 2.17. The van der Waals surface area contributed by atoms with Crippen LogP contribution in [-0.4, -0.2) is 0 Å². The Labute approximate surface area is 92.5 Å². The maximum atomic E-state index is 12.0. The first kappa shape index (κ1) is 10.2. The van der Waals surface area contributed by atoms with Crippen molar-refractivity contribution in [2.24, 2.45) is 0 Å². The van der Waals surface area contributed by atoms with Gasteiger partial charge in [0.15, 0.2) is 5.43 Å². The number of fused-ring (bicyclic) bond motifs is 1. The second-order valence-electron chi connectivity index (χ2n) is 3.60. The van der Waals surface area contributed by atoms with Gasteiger partial charge in [-0.15, -0.1) is 11.6 Å². The zero-order valence-electron chi connectivity index (χ0n) is 8.63. The molecule has 0 radical (unpaired) electrons. The average molecular weight is 223 g/mol. The van der Waals surface area contributed by atoms with Gasteiger partial charge in [0.25, 0.3) is 0 Å². The van der Waals surface area contributed by atoms with Crippen molar-refractivity contribution >= 4 is 22.6 Å². The topological polar surface area (TPSA) is 30.2 Å². The van der Waals surface area contributed by atoms with Crippen LogP contribution in [0.5, 0.6) is 0 Å². The van der Waals surface area contributed by atoms with Gasteiger partial charge in [-0.2, -0.15) is 0 Å². The molecule has 0 N–H and O–H groups in total. The lowest BCUT2D eigenvalue weighted by Crippen LogP contribution is -2.09. The molecule has 0 aliphatic carbocycles. The van der Waals surface area contributed by atoms with Crippen molar-refractivity contribution in [1.29, 1.82) is 0 Å². The number of benzene rings is 1. The lowest BCUT2D eigenvalue weighted by atomic mass is 10.1. The minimum Gasteiger partial charge on any atom is -0.461 e. The summed E-state index contributed by atoms with van der Waals surface area (Å²) in [5, 5.41) is 0.608. The van der Waals surface area contributed by atoms with E-state index in [1.165, 1.54) is 0 Å². The highest BCUT2D eigenvalue weighted by Gasteiger charge is 2.09. The molecule has 0 bridgehead atoms. The predicted octanol–water partition coefficient (Wildman–Crippen LogP) is 3.15. The van der Waals surface area contributed by atoms with Gasteiger partial charge in [-0.25, -0.2) is 0 Å². The third-order valence-corrected chi connectivity index (χ3v) is 2.74. The summed E-state index contributed by atoms with van der Waals surface area (Å²) in [5.41, 5.74) is 2.19. The van der Waals surface area contributed by atoms with E-state index < -0.39 is 0 Å². The maximum Gasteiger partial charge on any atom is 0.197 e. The Bertz CT molecular complexity index is 570. The van der Waals surface area contributed by atoms with Crippen LogP contribution in [0.4, 0.5) is 0 Å². The van der Waals surface area contributed by atoms with Gasteiger partial charge >= 0.3 is 0 Å². The van der Waals surface area contributed by atoms with E-state index >= 15 is 0 Å². The minimum atomic E-state index is -0.0209. The van der Waals surface area contributed by atoms with E-state index in [1.807, 2.05) is 25.1 Å². The molecule has 2 rings (SSSR count). The number of hydrogen-bond donors (Lipinski definition) is 0. The van der Waals surface area contributed by atoms with Crippen molar-refractivity contribution in [2.45, 2.75) is 19.7 Å². The van der Waals surface area contributed by atoms with Crippen LogP contribution < -0.4 is 5.43 Å². The van der Waals surface area contributed by atoms with Gasteiger partial charge in [0.1, 0.15) is 11.3 Å². The average Bonchev–Trinajstić information content (AvgIpc) is 2.20. The molecule has 0 saturated carbocycles. The van der Waals surface area contributed by atoms with E-state index in [0.29, 0.717) is 22.3 Å². The summed E-state index contributed by atoms with van der Waals surface area (Å²) >= 11 is 5.72. The maximum absolute atomic E-state index is 12.0. The van der Waals surface area contributed by atoms with E-state index in [4.69, 9.17) is 16.0 Å². The van der Waals surface area contributed by atoms with Crippen molar-refractivity contribution in [1.82, 2.24) is 0 Å². The molecule has 0 fully saturated rings. The lowest BCUT2D eigenvalue weighted by Gasteiger charge is -2.04. The minimum absolute atomic E-state index is 0.0209. The fourth-order valence-corrected chi connectivity index (χ4v) is 1.92.